The van der Waals surface area contributed by atoms with E-state index in [-0.39, 0.29) is 11.9 Å². The maximum absolute atomic E-state index is 14.2. The maximum atomic E-state index is 14.2. The first-order valence-corrected chi connectivity index (χ1v) is 8.71. The molecule has 4 atom stereocenters. The zero-order chi connectivity index (χ0) is 17.4. The standard InChI is InChI=1S/C18H23FN4O2/c1-25-15-3-2-12(16(19)6-15)7-22-8-13-4-17(23-11-20-10-21-23)18(24)5-14(13)9-22/h2-3,6,10-11,13-14,17-18,24H,4-5,7-9H2,1H3/t13-,14+,17-,18-/m1/s1. The second-order valence-corrected chi connectivity index (χ2v) is 7.15. The van der Waals surface area contributed by atoms with Gasteiger partial charge in [-0.1, -0.05) is 6.07 Å². The number of fused-ring (bicyclic) bond motifs is 1. The van der Waals surface area contributed by atoms with Crippen molar-refractivity contribution in [3.05, 3.63) is 42.2 Å². The molecule has 1 N–H and O–H groups in total. The first kappa shape index (κ1) is 16.5. The van der Waals surface area contributed by atoms with Gasteiger partial charge in [-0.3, -0.25) is 4.90 Å². The molecule has 134 valence electrons. The number of rotatable bonds is 4. The van der Waals surface area contributed by atoms with Crippen molar-refractivity contribution in [1.29, 1.82) is 0 Å². The first-order valence-electron chi connectivity index (χ1n) is 8.71. The summed E-state index contributed by atoms with van der Waals surface area (Å²) in [6.07, 6.45) is 4.42. The van der Waals surface area contributed by atoms with Crippen molar-refractivity contribution in [2.75, 3.05) is 20.2 Å². The number of ether oxygens (including phenoxy) is 1. The van der Waals surface area contributed by atoms with E-state index < -0.39 is 6.10 Å². The van der Waals surface area contributed by atoms with Crippen LogP contribution in [-0.2, 0) is 6.54 Å². The van der Waals surface area contributed by atoms with Crippen molar-refractivity contribution in [3.8, 4) is 5.75 Å². The quantitative estimate of drug-likeness (QED) is 0.916. The molecule has 0 unspecified atom stereocenters. The van der Waals surface area contributed by atoms with Crippen LogP contribution in [0.2, 0.25) is 0 Å². The van der Waals surface area contributed by atoms with Crippen LogP contribution in [0.1, 0.15) is 24.4 Å². The SMILES string of the molecule is COc1ccc(CN2C[C@H]3C[C@@H](n4cncn4)[C@H](O)C[C@H]3C2)c(F)c1. The van der Waals surface area contributed by atoms with E-state index >= 15 is 0 Å². The molecule has 1 saturated carbocycles. The van der Waals surface area contributed by atoms with E-state index in [4.69, 9.17) is 4.74 Å². The molecule has 2 aromatic rings. The normalized spacial score (nSPS) is 29.6. The van der Waals surface area contributed by atoms with Crippen molar-refractivity contribution >= 4 is 0 Å². The van der Waals surface area contributed by atoms with Crippen LogP contribution in [0.4, 0.5) is 4.39 Å². The van der Waals surface area contributed by atoms with Crippen LogP contribution in [0, 0.1) is 17.7 Å². The van der Waals surface area contributed by atoms with Crippen molar-refractivity contribution in [2.24, 2.45) is 11.8 Å². The summed E-state index contributed by atoms with van der Waals surface area (Å²) in [4.78, 5) is 6.28. The Labute approximate surface area is 146 Å². The minimum absolute atomic E-state index is 0.0126. The summed E-state index contributed by atoms with van der Waals surface area (Å²) in [6, 6.07) is 5.01. The predicted molar refractivity (Wildman–Crippen MR) is 89.5 cm³/mol. The fraction of sp³-hybridized carbons (Fsp3) is 0.556. The summed E-state index contributed by atoms with van der Waals surface area (Å²) >= 11 is 0. The number of aromatic nitrogens is 3. The van der Waals surface area contributed by atoms with E-state index in [9.17, 15) is 9.50 Å². The van der Waals surface area contributed by atoms with E-state index in [1.807, 2.05) is 0 Å². The molecule has 1 aliphatic carbocycles. The van der Waals surface area contributed by atoms with Gasteiger partial charge in [0, 0.05) is 31.3 Å². The first-order chi connectivity index (χ1) is 12.1. The molecule has 7 heteroatoms. The van der Waals surface area contributed by atoms with E-state index in [1.54, 1.807) is 23.1 Å². The van der Waals surface area contributed by atoms with Crippen molar-refractivity contribution < 1.29 is 14.2 Å². The van der Waals surface area contributed by atoms with Gasteiger partial charge in [-0.25, -0.2) is 14.1 Å². The highest BCUT2D eigenvalue weighted by atomic mass is 19.1. The van der Waals surface area contributed by atoms with Gasteiger partial charge in [0.2, 0.25) is 0 Å². The summed E-state index contributed by atoms with van der Waals surface area (Å²) in [5.74, 6) is 1.26. The third kappa shape index (κ3) is 3.26. The summed E-state index contributed by atoms with van der Waals surface area (Å²) < 4.78 is 21.0. The summed E-state index contributed by atoms with van der Waals surface area (Å²) in [6.45, 7) is 2.41. The lowest BCUT2D eigenvalue weighted by atomic mass is 9.77. The molecule has 4 rings (SSSR count). The van der Waals surface area contributed by atoms with Gasteiger partial charge < -0.3 is 9.84 Å². The van der Waals surface area contributed by atoms with Gasteiger partial charge in [-0.15, -0.1) is 0 Å². The molecule has 1 saturated heterocycles. The number of aliphatic hydroxyl groups excluding tert-OH is 1. The fourth-order valence-electron chi connectivity index (χ4n) is 4.33. The second kappa shape index (κ2) is 6.72. The average molecular weight is 346 g/mol. The highest BCUT2D eigenvalue weighted by Gasteiger charge is 2.42. The lowest BCUT2D eigenvalue weighted by Crippen LogP contribution is -2.36. The monoisotopic (exact) mass is 346 g/mol. The molecular formula is C18H23FN4O2. The number of aliphatic hydroxyl groups is 1. The van der Waals surface area contributed by atoms with Crippen molar-refractivity contribution in [2.45, 2.75) is 31.5 Å². The molecule has 1 aromatic carbocycles. The van der Waals surface area contributed by atoms with Gasteiger partial charge in [-0.05, 0) is 30.7 Å². The number of nitrogens with zero attached hydrogens (tertiary/aromatic N) is 4. The third-order valence-electron chi connectivity index (χ3n) is 5.62. The Hall–Kier alpha value is -1.99. The number of hydrogen-bond acceptors (Lipinski definition) is 5. The minimum atomic E-state index is -0.402. The van der Waals surface area contributed by atoms with Crippen LogP contribution < -0.4 is 4.74 Å². The Balaban J connectivity index is 1.43. The Morgan fingerprint density at radius 3 is 2.76 bits per heavy atom. The molecule has 2 fully saturated rings. The molecule has 2 aliphatic rings. The molecular weight excluding hydrogens is 323 g/mol. The molecule has 25 heavy (non-hydrogen) atoms. The number of benzene rings is 1. The van der Waals surface area contributed by atoms with Crippen LogP contribution in [0.5, 0.6) is 5.75 Å². The van der Waals surface area contributed by atoms with Gasteiger partial charge in [-0.2, -0.15) is 5.10 Å². The van der Waals surface area contributed by atoms with Gasteiger partial charge in [0.1, 0.15) is 24.2 Å². The summed E-state index contributed by atoms with van der Waals surface area (Å²) in [5, 5.41) is 14.7. The number of hydrogen-bond donors (Lipinski definition) is 1. The van der Waals surface area contributed by atoms with Gasteiger partial charge >= 0.3 is 0 Å². The van der Waals surface area contributed by atoms with E-state index in [0.29, 0.717) is 29.7 Å². The third-order valence-corrected chi connectivity index (χ3v) is 5.62. The predicted octanol–water partition coefficient (Wildman–Crippen LogP) is 1.87. The van der Waals surface area contributed by atoms with Crippen LogP contribution in [0.25, 0.3) is 0 Å². The fourth-order valence-corrected chi connectivity index (χ4v) is 4.33. The van der Waals surface area contributed by atoms with Gasteiger partial charge in [0.25, 0.3) is 0 Å². The van der Waals surface area contributed by atoms with E-state index in [2.05, 4.69) is 15.0 Å². The average Bonchev–Trinajstić information content (AvgIpc) is 3.25. The number of halogens is 1. The van der Waals surface area contributed by atoms with Crippen LogP contribution in [0.15, 0.2) is 30.9 Å². The van der Waals surface area contributed by atoms with E-state index in [0.717, 1.165) is 25.9 Å². The lowest BCUT2D eigenvalue weighted by Gasteiger charge is -2.35. The molecule has 1 aromatic heterocycles. The molecule has 6 nitrogen and oxygen atoms in total. The second-order valence-electron chi connectivity index (χ2n) is 7.15. The topological polar surface area (TPSA) is 63.4 Å². The van der Waals surface area contributed by atoms with Crippen molar-refractivity contribution in [1.82, 2.24) is 19.7 Å². The smallest absolute Gasteiger partial charge is 0.137 e. The Kier molecular flexibility index (Phi) is 4.43. The molecule has 2 heterocycles. The van der Waals surface area contributed by atoms with Crippen LogP contribution in [0.3, 0.4) is 0 Å². The Morgan fingerprint density at radius 2 is 2.08 bits per heavy atom. The van der Waals surface area contributed by atoms with E-state index in [1.165, 1.54) is 19.5 Å². The largest absolute Gasteiger partial charge is 0.497 e. The molecule has 0 radical (unpaired) electrons. The highest BCUT2D eigenvalue weighted by molar-refractivity contribution is 5.29. The minimum Gasteiger partial charge on any atom is -0.497 e. The van der Waals surface area contributed by atoms with Crippen LogP contribution in [-0.4, -0.2) is 51.1 Å². The highest BCUT2D eigenvalue weighted by Crippen LogP contribution is 2.41. The zero-order valence-corrected chi connectivity index (χ0v) is 14.3. The summed E-state index contributed by atoms with van der Waals surface area (Å²) in [5.41, 5.74) is 0.688. The molecule has 0 bridgehead atoms. The lowest BCUT2D eigenvalue weighted by molar-refractivity contribution is 0.0304. The molecule has 0 spiro atoms. The number of methoxy groups -OCH3 is 1. The molecule has 0 amide bonds. The van der Waals surface area contributed by atoms with Crippen molar-refractivity contribution in [3.63, 3.8) is 0 Å². The van der Waals surface area contributed by atoms with Gasteiger partial charge in [0.05, 0.1) is 19.3 Å². The Morgan fingerprint density at radius 1 is 1.28 bits per heavy atom. The summed E-state index contributed by atoms with van der Waals surface area (Å²) in [7, 11) is 1.54. The zero-order valence-electron chi connectivity index (χ0n) is 14.3. The maximum Gasteiger partial charge on any atom is 0.137 e. The molecule has 1 aliphatic heterocycles. The van der Waals surface area contributed by atoms with Crippen LogP contribution >= 0.6 is 0 Å². The van der Waals surface area contributed by atoms with Gasteiger partial charge in [0.15, 0.2) is 0 Å². The Bertz CT molecular complexity index is 724. The number of likely N-dealkylation sites (tertiary alicyclic amines) is 1.